The lowest BCUT2D eigenvalue weighted by Crippen LogP contribution is -2.01. The lowest BCUT2D eigenvalue weighted by Gasteiger charge is -2.06. The highest BCUT2D eigenvalue weighted by Crippen LogP contribution is 2.27. The first kappa shape index (κ1) is 18.6. The molecule has 0 bridgehead atoms. The predicted octanol–water partition coefficient (Wildman–Crippen LogP) is 6.07. The second kappa shape index (κ2) is 8.12. The molecule has 0 N–H and O–H groups in total. The monoisotopic (exact) mass is 456 g/mol. The number of rotatable bonds is 5. The molecule has 0 unspecified atom stereocenters. The van der Waals surface area contributed by atoms with Crippen LogP contribution in [-0.2, 0) is 13.1 Å². The van der Waals surface area contributed by atoms with Crippen LogP contribution in [0.1, 0.15) is 11.1 Å². The Kier molecular flexibility index (Phi) is 5.03. The lowest BCUT2D eigenvalue weighted by atomic mass is 10.2. The molecule has 3 aromatic carbocycles. The third-order valence-corrected chi connectivity index (χ3v) is 5.40. The second-order valence-electron chi connectivity index (χ2n) is 6.90. The van der Waals surface area contributed by atoms with Gasteiger partial charge in [0.1, 0.15) is 5.52 Å². The van der Waals surface area contributed by atoms with E-state index in [1.807, 2.05) is 60.7 Å². The summed E-state index contributed by atoms with van der Waals surface area (Å²) in [5.74, 6) is 0.261. The van der Waals surface area contributed by atoms with E-state index in [4.69, 9.17) is 0 Å². The summed E-state index contributed by atoms with van der Waals surface area (Å²) in [6.07, 6.45) is 0. The van der Waals surface area contributed by atoms with Gasteiger partial charge in [-0.15, -0.1) is 15.3 Å². The number of para-hydroxylation sites is 1. The van der Waals surface area contributed by atoms with Gasteiger partial charge in [0.05, 0.1) is 12.1 Å². The van der Waals surface area contributed by atoms with E-state index in [2.05, 4.69) is 64.1 Å². The predicted molar refractivity (Wildman–Crippen MR) is 121 cm³/mol. The zero-order valence-electron chi connectivity index (χ0n) is 16.0. The number of hydrogen-bond acceptors (Lipinski definition) is 5. The Morgan fingerprint density at radius 3 is 2.40 bits per heavy atom. The van der Waals surface area contributed by atoms with Crippen LogP contribution < -0.4 is 0 Å². The molecular formula is C23H17BrN6. The number of hydrogen-bond donors (Lipinski definition) is 0. The van der Waals surface area contributed by atoms with Crippen molar-refractivity contribution in [3.8, 4) is 0 Å². The van der Waals surface area contributed by atoms with E-state index >= 15 is 0 Å². The minimum Gasteiger partial charge on any atom is -0.319 e. The van der Waals surface area contributed by atoms with Crippen molar-refractivity contribution < 1.29 is 0 Å². The van der Waals surface area contributed by atoms with Gasteiger partial charge in [0, 0.05) is 16.4 Å². The molecule has 146 valence electrons. The fraction of sp³-hybridized carbons (Fsp3) is 0.0870. The van der Waals surface area contributed by atoms with Crippen LogP contribution in [-0.4, -0.2) is 19.7 Å². The summed E-state index contributed by atoms with van der Waals surface area (Å²) in [7, 11) is 0. The van der Waals surface area contributed by atoms with Crippen molar-refractivity contribution in [2.75, 3.05) is 0 Å². The molecular weight excluding hydrogens is 440 g/mol. The van der Waals surface area contributed by atoms with Gasteiger partial charge in [0.25, 0.3) is 5.95 Å². The first-order valence-electron chi connectivity index (χ1n) is 9.55. The first-order chi connectivity index (χ1) is 14.8. The van der Waals surface area contributed by atoms with Crippen molar-refractivity contribution in [1.82, 2.24) is 19.7 Å². The maximum atomic E-state index is 4.68. The average Bonchev–Trinajstić information content (AvgIpc) is 3.09. The number of nitrogens with zero attached hydrogens (tertiary/aromatic N) is 6. The van der Waals surface area contributed by atoms with E-state index in [0.29, 0.717) is 13.1 Å². The van der Waals surface area contributed by atoms with Gasteiger partial charge in [-0.05, 0) is 29.3 Å². The van der Waals surface area contributed by atoms with E-state index < -0.39 is 0 Å². The minimum absolute atomic E-state index is 0.261. The molecule has 2 aromatic heterocycles. The van der Waals surface area contributed by atoms with Crippen molar-refractivity contribution in [3.63, 3.8) is 0 Å². The third-order valence-electron chi connectivity index (χ3n) is 4.87. The van der Waals surface area contributed by atoms with Crippen molar-refractivity contribution >= 4 is 43.9 Å². The minimum atomic E-state index is 0.261. The molecule has 0 aliphatic heterocycles. The van der Waals surface area contributed by atoms with Gasteiger partial charge in [-0.2, -0.15) is 10.1 Å². The van der Waals surface area contributed by atoms with Crippen molar-refractivity contribution in [1.29, 1.82) is 0 Å². The van der Waals surface area contributed by atoms with Crippen LogP contribution in [0.5, 0.6) is 0 Å². The maximum Gasteiger partial charge on any atom is 0.289 e. The zero-order chi connectivity index (χ0) is 20.3. The van der Waals surface area contributed by atoms with Crippen LogP contribution in [0.25, 0.3) is 22.1 Å². The topological polar surface area (TPSA) is 68.3 Å². The van der Waals surface area contributed by atoms with Gasteiger partial charge in [0.2, 0.25) is 0 Å². The summed E-state index contributed by atoms with van der Waals surface area (Å²) in [4.78, 5) is 4.68. The van der Waals surface area contributed by atoms with E-state index in [1.54, 1.807) is 0 Å². The number of benzene rings is 3. The SMILES string of the molecule is Brc1ccc(CN=Nc2nnc3c4ccccc4n(Cc4ccccc4)c3n2)cc1. The Morgan fingerprint density at radius 2 is 1.57 bits per heavy atom. The van der Waals surface area contributed by atoms with E-state index in [9.17, 15) is 0 Å². The highest BCUT2D eigenvalue weighted by molar-refractivity contribution is 9.10. The van der Waals surface area contributed by atoms with E-state index in [0.717, 1.165) is 32.1 Å². The summed E-state index contributed by atoms with van der Waals surface area (Å²) in [6.45, 7) is 1.15. The molecule has 2 heterocycles. The molecule has 30 heavy (non-hydrogen) atoms. The van der Waals surface area contributed by atoms with Crippen LogP contribution in [0.3, 0.4) is 0 Å². The van der Waals surface area contributed by atoms with Crippen LogP contribution in [0.15, 0.2) is 93.6 Å². The lowest BCUT2D eigenvalue weighted by molar-refractivity contribution is 0.840. The van der Waals surface area contributed by atoms with Crippen LogP contribution >= 0.6 is 15.9 Å². The molecule has 6 nitrogen and oxygen atoms in total. The smallest absolute Gasteiger partial charge is 0.289 e. The fourth-order valence-electron chi connectivity index (χ4n) is 3.43. The van der Waals surface area contributed by atoms with Crippen LogP contribution in [0.2, 0.25) is 0 Å². The molecule has 0 radical (unpaired) electrons. The summed E-state index contributed by atoms with van der Waals surface area (Å²) in [6, 6.07) is 26.4. The fourth-order valence-corrected chi connectivity index (χ4v) is 3.70. The second-order valence-corrected chi connectivity index (χ2v) is 7.81. The summed E-state index contributed by atoms with van der Waals surface area (Å²) < 4.78 is 3.19. The van der Waals surface area contributed by atoms with Gasteiger partial charge in [0.15, 0.2) is 5.65 Å². The largest absolute Gasteiger partial charge is 0.319 e. The summed E-state index contributed by atoms with van der Waals surface area (Å²) >= 11 is 3.43. The molecule has 0 spiro atoms. The molecule has 0 saturated carbocycles. The molecule has 5 aromatic rings. The molecule has 0 atom stereocenters. The molecule has 0 aliphatic rings. The van der Waals surface area contributed by atoms with E-state index in [-0.39, 0.29) is 5.95 Å². The molecule has 5 rings (SSSR count). The van der Waals surface area contributed by atoms with Gasteiger partial charge >= 0.3 is 0 Å². The number of azo groups is 1. The number of aromatic nitrogens is 4. The number of halogens is 1. The highest BCUT2D eigenvalue weighted by atomic mass is 79.9. The van der Waals surface area contributed by atoms with Crippen LogP contribution in [0, 0.1) is 0 Å². The standard InChI is InChI=1S/C23H17BrN6/c24-18-12-10-16(11-13-18)14-25-28-23-26-22-21(27-29-23)19-8-4-5-9-20(19)30(22)15-17-6-2-1-3-7-17/h1-13H,14-15H2. The Labute approximate surface area is 181 Å². The zero-order valence-corrected chi connectivity index (χ0v) is 17.6. The van der Waals surface area contributed by atoms with E-state index in [1.165, 1.54) is 5.56 Å². The Hall–Kier alpha value is -3.45. The maximum absolute atomic E-state index is 4.68. The summed E-state index contributed by atoms with van der Waals surface area (Å²) in [5.41, 5.74) is 4.86. The van der Waals surface area contributed by atoms with Gasteiger partial charge in [-0.1, -0.05) is 76.6 Å². The molecule has 0 saturated heterocycles. The molecule has 0 aliphatic carbocycles. The highest BCUT2D eigenvalue weighted by Gasteiger charge is 2.14. The Morgan fingerprint density at radius 1 is 0.800 bits per heavy atom. The molecule has 0 amide bonds. The average molecular weight is 457 g/mol. The first-order valence-corrected chi connectivity index (χ1v) is 10.3. The Balaban J connectivity index is 1.52. The number of fused-ring (bicyclic) bond motifs is 3. The quantitative estimate of drug-likeness (QED) is 0.301. The van der Waals surface area contributed by atoms with Crippen LogP contribution in [0.4, 0.5) is 5.95 Å². The van der Waals surface area contributed by atoms with Crippen molar-refractivity contribution in [2.24, 2.45) is 10.2 Å². The Bertz CT molecular complexity index is 1340. The molecule has 7 heteroatoms. The normalized spacial score (nSPS) is 11.6. The van der Waals surface area contributed by atoms with Crippen molar-refractivity contribution in [3.05, 3.63) is 94.5 Å². The van der Waals surface area contributed by atoms with Gasteiger partial charge in [-0.3, -0.25) is 0 Å². The molecule has 0 fully saturated rings. The summed E-state index contributed by atoms with van der Waals surface area (Å²) in [5, 5.41) is 18.1. The van der Waals surface area contributed by atoms with Crippen molar-refractivity contribution in [2.45, 2.75) is 13.1 Å². The third kappa shape index (κ3) is 3.71. The van der Waals surface area contributed by atoms with Gasteiger partial charge < -0.3 is 4.57 Å². The van der Waals surface area contributed by atoms with Gasteiger partial charge in [-0.25, -0.2) is 0 Å².